The average Bonchev–Trinajstić information content (AvgIpc) is 2.18. The van der Waals surface area contributed by atoms with Gasteiger partial charge >= 0.3 is 0 Å². The summed E-state index contributed by atoms with van der Waals surface area (Å²) in [5.74, 6) is 0.583. The lowest BCUT2D eigenvalue weighted by molar-refractivity contribution is 0.627. The van der Waals surface area contributed by atoms with E-state index in [1.165, 1.54) is 0 Å². The minimum Gasteiger partial charge on any atom is -0.362 e. The van der Waals surface area contributed by atoms with Crippen LogP contribution in [0.15, 0.2) is 18.3 Å². The molecule has 0 saturated heterocycles. The number of nitrogens with one attached hydrogen (secondary N) is 2. The molecule has 0 aromatic carbocycles. The number of anilines is 1. The monoisotopic (exact) mass is 223 g/mol. The van der Waals surface area contributed by atoms with Crippen molar-refractivity contribution in [3.63, 3.8) is 0 Å². The number of aryl methyl sites for hydroxylation is 1. The molecule has 0 aliphatic heterocycles. The van der Waals surface area contributed by atoms with E-state index in [4.69, 9.17) is 12.2 Å². The van der Waals surface area contributed by atoms with Crippen molar-refractivity contribution < 1.29 is 0 Å². The molecule has 0 fully saturated rings. The van der Waals surface area contributed by atoms with Crippen LogP contribution >= 0.6 is 12.2 Å². The Balaban J connectivity index is 2.48. The third-order valence-corrected chi connectivity index (χ3v) is 2.17. The van der Waals surface area contributed by atoms with Gasteiger partial charge in [0.15, 0.2) is 5.11 Å². The molecule has 1 heterocycles. The van der Waals surface area contributed by atoms with Crippen molar-refractivity contribution in [2.45, 2.75) is 20.8 Å². The van der Waals surface area contributed by atoms with Gasteiger partial charge in [-0.1, -0.05) is 13.8 Å². The molecule has 15 heavy (non-hydrogen) atoms. The molecule has 3 nitrogen and oxygen atoms in total. The molecule has 0 aliphatic carbocycles. The van der Waals surface area contributed by atoms with Crippen LogP contribution in [0.2, 0.25) is 0 Å². The Morgan fingerprint density at radius 3 is 2.87 bits per heavy atom. The molecular weight excluding hydrogens is 206 g/mol. The van der Waals surface area contributed by atoms with Crippen LogP contribution in [0.5, 0.6) is 0 Å². The maximum Gasteiger partial charge on any atom is 0.170 e. The van der Waals surface area contributed by atoms with Gasteiger partial charge in [-0.3, -0.25) is 4.98 Å². The summed E-state index contributed by atoms with van der Waals surface area (Å²) in [7, 11) is 0. The summed E-state index contributed by atoms with van der Waals surface area (Å²) in [4.78, 5) is 4.18. The molecule has 4 heteroatoms. The second-order valence-electron chi connectivity index (χ2n) is 3.87. The average molecular weight is 223 g/mol. The first-order chi connectivity index (χ1) is 7.09. The lowest BCUT2D eigenvalue weighted by Crippen LogP contribution is -2.31. The number of hydrogen-bond acceptors (Lipinski definition) is 2. The molecule has 0 spiro atoms. The van der Waals surface area contributed by atoms with Crippen molar-refractivity contribution in [3.05, 3.63) is 24.0 Å². The van der Waals surface area contributed by atoms with E-state index in [0.717, 1.165) is 17.9 Å². The van der Waals surface area contributed by atoms with Crippen molar-refractivity contribution >= 4 is 23.0 Å². The van der Waals surface area contributed by atoms with Crippen molar-refractivity contribution in [1.82, 2.24) is 10.3 Å². The molecule has 0 unspecified atom stereocenters. The number of hydrogen-bond donors (Lipinski definition) is 2. The summed E-state index contributed by atoms with van der Waals surface area (Å²) < 4.78 is 0. The molecule has 1 aromatic rings. The molecule has 0 amide bonds. The minimum absolute atomic E-state index is 0.583. The van der Waals surface area contributed by atoms with Crippen LogP contribution in [0.3, 0.4) is 0 Å². The Morgan fingerprint density at radius 2 is 2.27 bits per heavy atom. The zero-order valence-corrected chi connectivity index (χ0v) is 10.2. The van der Waals surface area contributed by atoms with Crippen LogP contribution in [0, 0.1) is 12.8 Å². The van der Waals surface area contributed by atoms with Gasteiger partial charge in [0, 0.05) is 12.7 Å². The van der Waals surface area contributed by atoms with E-state index in [9.17, 15) is 0 Å². The van der Waals surface area contributed by atoms with E-state index in [-0.39, 0.29) is 0 Å². The highest BCUT2D eigenvalue weighted by atomic mass is 32.1. The second kappa shape index (κ2) is 5.66. The van der Waals surface area contributed by atoms with Gasteiger partial charge in [0.05, 0.1) is 11.4 Å². The van der Waals surface area contributed by atoms with Crippen molar-refractivity contribution in [2.24, 2.45) is 5.92 Å². The van der Waals surface area contributed by atoms with Crippen molar-refractivity contribution in [2.75, 3.05) is 11.9 Å². The highest BCUT2D eigenvalue weighted by molar-refractivity contribution is 7.80. The first-order valence-corrected chi connectivity index (χ1v) is 5.47. The topological polar surface area (TPSA) is 37.0 Å². The number of rotatable bonds is 3. The Bertz CT molecular complexity index is 336. The molecule has 1 aromatic heterocycles. The van der Waals surface area contributed by atoms with Gasteiger partial charge in [0.25, 0.3) is 0 Å². The summed E-state index contributed by atoms with van der Waals surface area (Å²) in [6, 6.07) is 3.85. The largest absolute Gasteiger partial charge is 0.362 e. The maximum absolute atomic E-state index is 5.16. The Morgan fingerprint density at radius 1 is 1.53 bits per heavy atom. The van der Waals surface area contributed by atoms with Gasteiger partial charge in [-0.2, -0.15) is 0 Å². The highest BCUT2D eigenvalue weighted by Crippen LogP contribution is 2.09. The maximum atomic E-state index is 5.16. The summed E-state index contributed by atoms with van der Waals surface area (Å²) in [5, 5.41) is 6.93. The summed E-state index contributed by atoms with van der Waals surface area (Å²) in [5.41, 5.74) is 1.91. The molecule has 0 bridgehead atoms. The number of thiocarbonyl (C=S) groups is 1. The second-order valence-corrected chi connectivity index (χ2v) is 4.27. The normalized spacial score (nSPS) is 10.1. The van der Waals surface area contributed by atoms with Crippen LogP contribution in [-0.2, 0) is 0 Å². The molecule has 0 aliphatic rings. The van der Waals surface area contributed by atoms with E-state index >= 15 is 0 Å². The molecule has 2 N–H and O–H groups in total. The summed E-state index contributed by atoms with van der Waals surface area (Å²) in [6.45, 7) is 7.12. The number of pyridine rings is 1. The van der Waals surface area contributed by atoms with E-state index in [1.807, 2.05) is 19.1 Å². The predicted octanol–water partition coefficient (Wildman–Crippen LogP) is 2.33. The first kappa shape index (κ1) is 11.9. The van der Waals surface area contributed by atoms with Gasteiger partial charge in [0.1, 0.15) is 0 Å². The molecule has 1 rings (SSSR count). The van der Waals surface area contributed by atoms with E-state index < -0.39 is 0 Å². The fraction of sp³-hybridized carbons (Fsp3) is 0.455. The minimum atomic E-state index is 0.583. The van der Waals surface area contributed by atoms with Crippen LogP contribution in [-0.4, -0.2) is 16.6 Å². The van der Waals surface area contributed by atoms with Crippen LogP contribution in [0.1, 0.15) is 19.5 Å². The highest BCUT2D eigenvalue weighted by Gasteiger charge is 2.01. The lowest BCUT2D eigenvalue weighted by atomic mass is 10.2. The smallest absolute Gasteiger partial charge is 0.170 e. The fourth-order valence-corrected chi connectivity index (χ4v) is 1.27. The van der Waals surface area contributed by atoms with Gasteiger partial charge in [-0.05, 0) is 37.2 Å². The molecular formula is C11H17N3S. The van der Waals surface area contributed by atoms with Gasteiger partial charge < -0.3 is 10.6 Å². The van der Waals surface area contributed by atoms with Crippen LogP contribution < -0.4 is 10.6 Å². The molecule has 0 saturated carbocycles. The first-order valence-electron chi connectivity index (χ1n) is 5.06. The van der Waals surface area contributed by atoms with E-state index in [0.29, 0.717) is 11.0 Å². The standard InChI is InChI=1S/C11H17N3S/c1-8(2)7-13-11(15)14-10-5-4-6-12-9(10)3/h4-6,8H,7H2,1-3H3,(H2,13,14,15). The Kier molecular flexibility index (Phi) is 4.49. The summed E-state index contributed by atoms with van der Waals surface area (Å²) >= 11 is 5.16. The third kappa shape index (κ3) is 4.25. The van der Waals surface area contributed by atoms with Crippen molar-refractivity contribution in [1.29, 1.82) is 0 Å². The zero-order chi connectivity index (χ0) is 11.3. The molecule has 0 atom stereocenters. The van der Waals surface area contributed by atoms with Gasteiger partial charge in [0.2, 0.25) is 0 Å². The van der Waals surface area contributed by atoms with Crippen LogP contribution in [0.4, 0.5) is 5.69 Å². The molecule has 0 radical (unpaired) electrons. The zero-order valence-electron chi connectivity index (χ0n) is 9.37. The van der Waals surface area contributed by atoms with E-state index in [2.05, 4.69) is 29.5 Å². The lowest BCUT2D eigenvalue weighted by Gasteiger charge is -2.13. The third-order valence-electron chi connectivity index (χ3n) is 1.93. The fourth-order valence-electron chi connectivity index (χ4n) is 1.08. The van der Waals surface area contributed by atoms with Crippen molar-refractivity contribution in [3.8, 4) is 0 Å². The van der Waals surface area contributed by atoms with E-state index in [1.54, 1.807) is 6.20 Å². The van der Waals surface area contributed by atoms with Crippen LogP contribution in [0.25, 0.3) is 0 Å². The Hall–Kier alpha value is -1.16. The van der Waals surface area contributed by atoms with Gasteiger partial charge in [-0.15, -0.1) is 0 Å². The predicted molar refractivity (Wildman–Crippen MR) is 68.0 cm³/mol. The quantitative estimate of drug-likeness (QED) is 0.771. The number of nitrogens with zero attached hydrogens (tertiary/aromatic N) is 1. The Labute approximate surface area is 96.3 Å². The summed E-state index contributed by atoms with van der Waals surface area (Å²) in [6.07, 6.45) is 1.77. The molecule has 82 valence electrons. The SMILES string of the molecule is Cc1ncccc1NC(=S)NCC(C)C. The van der Waals surface area contributed by atoms with Gasteiger partial charge in [-0.25, -0.2) is 0 Å². The number of aromatic nitrogens is 1.